The molecule has 1 aromatic heterocycles. The summed E-state index contributed by atoms with van der Waals surface area (Å²) in [7, 11) is 0. The van der Waals surface area contributed by atoms with E-state index in [4.69, 9.17) is 0 Å². The van der Waals surface area contributed by atoms with E-state index in [1.807, 2.05) is 60.7 Å². The number of imide groups is 1. The van der Waals surface area contributed by atoms with Gasteiger partial charge in [-0.05, 0) is 61.2 Å². The van der Waals surface area contributed by atoms with Crippen LogP contribution in [0.2, 0.25) is 0 Å². The number of hydrogen-bond acceptors (Lipinski definition) is 5. The molecule has 33 heavy (non-hydrogen) atoms. The topological polar surface area (TPSA) is 65.5 Å². The zero-order valence-corrected chi connectivity index (χ0v) is 18.4. The fraction of sp³-hybridized carbons (Fsp3) is 0.222. The summed E-state index contributed by atoms with van der Waals surface area (Å²) < 4.78 is 0. The van der Waals surface area contributed by atoms with Gasteiger partial charge >= 0.3 is 0 Å². The number of nitrogens with zero attached hydrogens (tertiary/aromatic N) is 3. The number of nitrogens with one attached hydrogen (secondary N) is 1. The maximum Gasteiger partial charge on any atom is 0.278 e. The molecule has 2 amide bonds. The van der Waals surface area contributed by atoms with Gasteiger partial charge in [0, 0.05) is 30.7 Å². The van der Waals surface area contributed by atoms with E-state index < -0.39 is 0 Å². The van der Waals surface area contributed by atoms with Gasteiger partial charge in [0.15, 0.2) is 0 Å². The summed E-state index contributed by atoms with van der Waals surface area (Å²) in [5.41, 5.74) is 4.03. The molecule has 1 N–H and O–H groups in total. The normalized spacial score (nSPS) is 16.5. The van der Waals surface area contributed by atoms with Crippen LogP contribution in [0.15, 0.2) is 84.7 Å². The van der Waals surface area contributed by atoms with E-state index in [2.05, 4.69) is 27.3 Å². The Balaban J connectivity index is 1.44. The van der Waals surface area contributed by atoms with E-state index in [-0.39, 0.29) is 18.4 Å². The lowest BCUT2D eigenvalue weighted by Gasteiger charge is -2.28. The average molecular weight is 439 g/mol. The minimum atomic E-state index is -0.343. The van der Waals surface area contributed by atoms with E-state index >= 15 is 0 Å². The zero-order chi connectivity index (χ0) is 22.6. The maximum absolute atomic E-state index is 13.4. The fourth-order valence-electron chi connectivity index (χ4n) is 4.41. The van der Waals surface area contributed by atoms with Crippen molar-refractivity contribution >= 4 is 28.8 Å². The van der Waals surface area contributed by atoms with Crippen molar-refractivity contribution in [1.29, 1.82) is 0 Å². The summed E-state index contributed by atoms with van der Waals surface area (Å²) in [6.45, 7) is 2.28. The van der Waals surface area contributed by atoms with Gasteiger partial charge in [0.05, 0.1) is 17.8 Å². The Morgan fingerprint density at radius 2 is 1.52 bits per heavy atom. The van der Waals surface area contributed by atoms with E-state index in [0.717, 1.165) is 18.8 Å². The number of rotatable bonds is 6. The molecule has 0 unspecified atom stereocenters. The molecule has 5 rings (SSSR count). The van der Waals surface area contributed by atoms with Crippen molar-refractivity contribution < 1.29 is 9.59 Å². The average Bonchev–Trinajstić information content (AvgIpc) is 3.10. The summed E-state index contributed by atoms with van der Waals surface area (Å²) in [6.07, 6.45) is 5.39. The monoisotopic (exact) mass is 438 g/mol. The predicted molar refractivity (Wildman–Crippen MR) is 129 cm³/mol. The zero-order valence-electron chi connectivity index (χ0n) is 18.4. The lowest BCUT2D eigenvalue weighted by atomic mass is 10.0. The molecule has 3 heterocycles. The fourth-order valence-corrected chi connectivity index (χ4v) is 4.41. The first-order valence-corrected chi connectivity index (χ1v) is 11.4. The van der Waals surface area contributed by atoms with Crippen molar-refractivity contribution in [2.45, 2.75) is 25.8 Å². The van der Waals surface area contributed by atoms with Gasteiger partial charge in [-0.1, -0.05) is 36.4 Å². The van der Waals surface area contributed by atoms with Gasteiger partial charge in [0.25, 0.3) is 11.8 Å². The molecule has 166 valence electrons. The summed E-state index contributed by atoms with van der Waals surface area (Å²) in [4.78, 5) is 34.7. The van der Waals surface area contributed by atoms with Gasteiger partial charge < -0.3 is 10.2 Å². The number of benzene rings is 2. The summed E-state index contributed by atoms with van der Waals surface area (Å²) in [5, 5.41) is 3.24. The van der Waals surface area contributed by atoms with Crippen molar-refractivity contribution in [1.82, 2.24) is 9.88 Å². The summed E-state index contributed by atoms with van der Waals surface area (Å²) in [5.74, 6) is -0.658. The van der Waals surface area contributed by atoms with Crippen molar-refractivity contribution in [2.75, 3.05) is 23.3 Å². The van der Waals surface area contributed by atoms with E-state index in [9.17, 15) is 9.59 Å². The van der Waals surface area contributed by atoms with Crippen molar-refractivity contribution in [3.05, 3.63) is 95.9 Å². The van der Waals surface area contributed by atoms with Gasteiger partial charge in [0.1, 0.15) is 5.70 Å². The molecule has 0 bridgehead atoms. The van der Waals surface area contributed by atoms with Crippen LogP contribution in [0.1, 0.15) is 30.5 Å². The van der Waals surface area contributed by atoms with Crippen LogP contribution < -0.4 is 10.2 Å². The first kappa shape index (κ1) is 20.9. The van der Waals surface area contributed by atoms with Gasteiger partial charge in [-0.25, -0.2) is 0 Å². The standard InChI is InChI=1S/C27H26N4O2/c32-26-24(20-9-3-1-4-10-20)25(27(33)31(26)19-22-11-5-6-16-28-22)29-21-12-14-23(15-13-21)30-17-7-2-8-18-30/h1,3-6,9-16,29H,2,7-8,17-19H2. The van der Waals surface area contributed by atoms with Crippen molar-refractivity contribution in [3.63, 3.8) is 0 Å². The van der Waals surface area contributed by atoms with Gasteiger partial charge in [0.2, 0.25) is 0 Å². The van der Waals surface area contributed by atoms with Crippen molar-refractivity contribution in [2.24, 2.45) is 0 Å². The molecule has 2 aliphatic rings. The minimum Gasteiger partial charge on any atom is -0.372 e. The Bertz CT molecular complexity index is 1170. The highest BCUT2D eigenvalue weighted by molar-refractivity contribution is 6.36. The minimum absolute atomic E-state index is 0.133. The largest absolute Gasteiger partial charge is 0.372 e. The molecule has 6 nitrogen and oxygen atoms in total. The molecule has 0 radical (unpaired) electrons. The number of piperidine rings is 1. The number of carbonyl (C=O) groups excluding carboxylic acids is 2. The molecule has 2 aliphatic heterocycles. The second kappa shape index (κ2) is 9.28. The number of anilines is 2. The predicted octanol–water partition coefficient (Wildman–Crippen LogP) is 4.46. The van der Waals surface area contributed by atoms with Crippen LogP contribution in [0, 0.1) is 0 Å². The number of pyridine rings is 1. The molecule has 0 aliphatic carbocycles. The number of hydrogen-bond donors (Lipinski definition) is 1. The lowest BCUT2D eigenvalue weighted by Crippen LogP contribution is -2.32. The van der Waals surface area contributed by atoms with Crippen LogP contribution in [0.4, 0.5) is 11.4 Å². The van der Waals surface area contributed by atoms with Crippen LogP contribution in [0.25, 0.3) is 5.57 Å². The molecule has 3 aromatic rings. The van der Waals surface area contributed by atoms with Gasteiger partial charge in [-0.15, -0.1) is 0 Å². The third kappa shape index (κ3) is 4.37. The Hall–Kier alpha value is -3.93. The second-order valence-electron chi connectivity index (χ2n) is 8.35. The smallest absolute Gasteiger partial charge is 0.278 e. The molecular formula is C27H26N4O2. The van der Waals surface area contributed by atoms with Gasteiger partial charge in [-0.2, -0.15) is 0 Å². The molecule has 0 saturated carbocycles. The molecule has 1 fully saturated rings. The molecule has 6 heteroatoms. The summed E-state index contributed by atoms with van der Waals surface area (Å²) in [6, 6.07) is 22.9. The lowest BCUT2D eigenvalue weighted by molar-refractivity contribution is -0.137. The Morgan fingerprint density at radius 1 is 0.788 bits per heavy atom. The van der Waals surface area contributed by atoms with Gasteiger partial charge in [-0.3, -0.25) is 19.5 Å². The van der Waals surface area contributed by atoms with E-state index in [1.165, 1.54) is 29.8 Å². The van der Waals surface area contributed by atoms with Crippen molar-refractivity contribution in [3.8, 4) is 0 Å². The second-order valence-corrected chi connectivity index (χ2v) is 8.35. The molecule has 2 aromatic carbocycles. The Morgan fingerprint density at radius 3 is 2.21 bits per heavy atom. The van der Waals surface area contributed by atoms with Crippen LogP contribution >= 0.6 is 0 Å². The van der Waals surface area contributed by atoms with E-state index in [1.54, 1.807) is 6.20 Å². The highest BCUT2D eigenvalue weighted by Gasteiger charge is 2.39. The number of aromatic nitrogens is 1. The maximum atomic E-state index is 13.4. The Kier molecular flexibility index (Phi) is 5.89. The first-order valence-electron chi connectivity index (χ1n) is 11.4. The van der Waals surface area contributed by atoms with Crippen LogP contribution in [0.3, 0.4) is 0 Å². The van der Waals surface area contributed by atoms with Crippen LogP contribution in [-0.4, -0.2) is 34.8 Å². The van der Waals surface area contributed by atoms with Crippen LogP contribution in [0.5, 0.6) is 0 Å². The molecule has 0 atom stereocenters. The van der Waals surface area contributed by atoms with E-state index in [0.29, 0.717) is 22.5 Å². The molecular weight excluding hydrogens is 412 g/mol. The number of amides is 2. The highest BCUT2D eigenvalue weighted by Crippen LogP contribution is 2.32. The quantitative estimate of drug-likeness (QED) is 0.576. The SMILES string of the molecule is O=C1C(Nc2ccc(N3CCCCC3)cc2)=C(c2ccccc2)C(=O)N1Cc1ccccn1. The Labute approximate surface area is 193 Å². The molecule has 0 spiro atoms. The summed E-state index contributed by atoms with van der Waals surface area (Å²) >= 11 is 0. The molecule has 1 saturated heterocycles. The third-order valence-corrected chi connectivity index (χ3v) is 6.13. The number of carbonyl (C=O) groups is 2. The third-order valence-electron chi connectivity index (χ3n) is 6.13. The van der Waals surface area contributed by atoms with Crippen LogP contribution in [-0.2, 0) is 16.1 Å². The first-order chi connectivity index (χ1) is 16.2. The highest BCUT2D eigenvalue weighted by atomic mass is 16.2.